The van der Waals surface area contributed by atoms with E-state index in [0.29, 0.717) is 18.7 Å². The van der Waals surface area contributed by atoms with Gasteiger partial charge in [0.1, 0.15) is 5.82 Å². The molecule has 7 heteroatoms. The molecule has 0 atom stereocenters. The first kappa shape index (κ1) is 21.4. The molecule has 0 aliphatic carbocycles. The number of para-hydroxylation sites is 2. The third-order valence-electron chi connectivity index (χ3n) is 4.90. The van der Waals surface area contributed by atoms with E-state index in [1.165, 1.54) is 5.52 Å². The standard InChI is InChI=1S/C23H30N6O/c1-17-8-6-9-19(16-17)22(30)25-13-14-27-23(24-3)26-12-7-15-29-18(2)28-20-10-4-5-11-21(20)29/h4-6,8-11,16H,7,12-15H2,1-3H3,(H,25,30)(H2,24,26,27). The predicted molar refractivity (Wildman–Crippen MR) is 122 cm³/mol. The summed E-state index contributed by atoms with van der Waals surface area (Å²) in [4.78, 5) is 21.0. The average molecular weight is 407 g/mol. The van der Waals surface area contributed by atoms with Crippen LogP contribution in [0.25, 0.3) is 11.0 Å². The first-order valence-corrected chi connectivity index (χ1v) is 10.3. The Morgan fingerprint density at radius 2 is 1.77 bits per heavy atom. The number of benzene rings is 2. The molecule has 3 rings (SSSR count). The lowest BCUT2D eigenvalue weighted by atomic mass is 10.1. The molecule has 1 aromatic heterocycles. The number of imidazole rings is 1. The number of hydrogen-bond acceptors (Lipinski definition) is 3. The van der Waals surface area contributed by atoms with Crippen molar-refractivity contribution in [3.05, 3.63) is 65.5 Å². The molecule has 0 saturated carbocycles. The summed E-state index contributed by atoms with van der Waals surface area (Å²) < 4.78 is 2.24. The van der Waals surface area contributed by atoms with E-state index in [2.05, 4.69) is 36.6 Å². The fraction of sp³-hybridized carbons (Fsp3) is 0.348. The molecule has 0 unspecified atom stereocenters. The third-order valence-corrected chi connectivity index (χ3v) is 4.90. The summed E-state index contributed by atoms with van der Waals surface area (Å²) in [5, 5.41) is 9.47. The van der Waals surface area contributed by atoms with Crippen molar-refractivity contribution < 1.29 is 4.79 Å². The number of hydrogen-bond donors (Lipinski definition) is 3. The van der Waals surface area contributed by atoms with Gasteiger partial charge in [-0.15, -0.1) is 0 Å². The Kier molecular flexibility index (Phi) is 7.43. The van der Waals surface area contributed by atoms with Gasteiger partial charge in [0.15, 0.2) is 5.96 Å². The topological polar surface area (TPSA) is 83.3 Å². The zero-order valence-corrected chi connectivity index (χ0v) is 17.9. The smallest absolute Gasteiger partial charge is 0.251 e. The summed E-state index contributed by atoms with van der Waals surface area (Å²) in [7, 11) is 1.74. The number of carbonyl (C=O) groups is 1. The van der Waals surface area contributed by atoms with E-state index >= 15 is 0 Å². The van der Waals surface area contributed by atoms with Crippen molar-refractivity contribution in [3.8, 4) is 0 Å². The van der Waals surface area contributed by atoms with Crippen LogP contribution in [0.2, 0.25) is 0 Å². The van der Waals surface area contributed by atoms with E-state index in [0.717, 1.165) is 42.4 Å². The first-order chi connectivity index (χ1) is 14.6. The van der Waals surface area contributed by atoms with Crippen molar-refractivity contribution in [2.75, 3.05) is 26.7 Å². The van der Waals surface area contributed by atoms with E-state index in [-0.39, 0.29) is 5.91 Å². The monoisotopic (exact) mass is 406 g/mol. The number of aryl methyl sites for hydroxylation is 3. The molecule has 0 aliphatic rings. The van der Waals surface area contributed by atoms with Crippen LogP contribution in [0, 0.1) is 13.8 Å². The zero-order valence-electron chi connectivity index (χ0n) is 17.9. The minimum atomic E-state index is -0.0635. The molecule has 0 saturated heterocycles. The lowest BCUT2D eigenvalue weighted by Gasteiger charge is -2.13. The highest BCUT2D eigenvalue weighted by Gasteiger charge is 2.07. The summed E-state index contributed by atoms with van der Waals surface area (Å²) in [6, 6.07) is 15.8. The number of amides is 1. The van der Waals surface area contributed by atoms with Gasteiger partial charge in [0.25, 0.3) is 5.91 Å². The second-order valence-corrected chi connectivity index (χ2v) is 7.20. The number of carbonyl (C=O) groups excluding carboxylic acids is 1. The Balaban J connectivity index is 1.37. The molecule has 0 bridgehead atoms. The van der Waals surface area contributed by atoms with Crippen molar-refractivity contribution >= 4 is 22.9 Å². The minimum absolute atomic E-state index is 0.0635. The molecule has 0 radical (unpaired) electrons. The van der Waals surface area contributed by atoms with Gasteiger partial charge < -0.3 is 20.5 Å². The Bertz CT molecular complexity index is 1020. The van der Waals surface area contributed by atoms with E-state index in [9.17, 15) is 4.79 Å². The minimum Gasteiger partial charge on any atom is -0.356 e. The lowest BCUT2D eigenvalue weighted by molar-refractivity contribution is 0.0954. The van der Waals surface area contributed by atoms with E-state index in [1.807, 2.05) is 56.3 Å². The van der Waals surface area contributed by atoms with Gasteiger partial charge in [-0.05, 0) is 44.5 Å². The molecule has 0 fully saturated rings. The van der Waals surface area contributed by atoms with Gasteiger partial charge in [-0.2, -0.15) is 0 Å². The number of fused-ring (bicyclic) bond motifs is 1. The Hall–Kier alpha value is -3.35. The van der Waals surface area contributed by atoms with Gasteiger partial charge >= 0.3 is 0 Å². The Morgan fingerprint density at radius 1 is 1.00 bits per heavy atom. The number of aromatic nitrogens is 2. The van der Waals surface area contributed by atoms with Crippen LogP contribution in [-0.4, -0.2) is 48.1 Å². The van der Waals surface area contributed by atoms with Crippen LogP contribution in [0.1, 0.15) is 28.2 Å². The summed E-state index contributed by atoms with van der Waals surface area (Å²) in [5.74, 6) is 1.70. The molecular formula is C23H30N6O. The van der Waals surface area contributed by atoms with Crippen LogP contribution in [0.3, 0.4) is 0 Å². The summed E-state index contributed by atoms with van der Waals surface area (Å²) in [5.41, 5.74) is 3.96. The number of rotatable bonds is 8. The lowest BCUT2D eigenvalue weighted by Crippen LogP contribution is -2.42. The number of nitrogens with one attached hydrogen (secondary N) is 3. The van der Waals surface area contributed by atoms with Crippen LogP contribution in [0.4, 0.5) is 0 Å². The van der Waals surface area contributed by atoms with Gasteiger partial charge in [0, 0.05) is 38.8 Å². The fourth-order valence-corrected chi connectivity index (χ4v) is 3.39. The molecule has 3 N–H and O–H groups in total. The second kappa shape index (κ2) is 10.4. The molecule has 1 amide bonds. The summed E-state index contributed by atoms with van der Waals surface area (Å²) >= 11 is 0. The molecular weight excluding hydrogens is 376 g/mol. The van der Waals surface area contributed by atoms with Crippen LogP contribution < -0.4 is 16.0 Å². The second-order valence-electron chi connectivity index (χ2n) is 7.20. The largest absolute Gasteiger partial charge is 0.356 e. The molecule has 7 nitrogen and oxygen atoms in total. The van der Waals surface area contributed by atoms with Gasteiger partial charge in [0.05, 0.1) is 11.0 Å². The van der Waals surface area contributed by atoms with Crippen LogP contribution in [0.5, 0.6) is 0 Å². The van der Waals surface area contributed by atoms with Crippen LogP contribution in [0.15, 0.2) is 53.5 Å². The molecule has 3 aromatic rings. The maximum Gasteiger partial charge on any atom is 0.251 e. The van der Waals surface area contributed by atoms with Crippen molar-refractivity contribution in [2.24, 2.45) is 4.99 Å². The van der Waals surface area contributed by atoms with Crippen molar-refractivity contribution in [3.63, 3.8) is 0 Å². The molecule has 158 valence electrons. The molecule has 30 heavy (non-hydrogen) atoms. The van der Waals surface area contributed by atoms with Crippen molar-refractivity contribution in [1.29, 1.82) is 0 Å². The highest BCUT2D eigenvalue weighted by Crippen LogP contribution is 2.15. The van der Waals surface area contributed by atoms with Gasteiger partial charge in [-0.1, -0.05) is 29.8 Å². The summed E-state index contributed by atoms with van der Waals surface area (Å²) in [6.45, 7) is 6.82. The fourth-order valence-electron chi connectivity index (χ4n) is 3.39. The maximum atomic E-state index is 12.2. The normalized spacial score (nSPS) is 11.5. The molecule has 2 aromatic carbocycles. The third kappa shape index (κ3) is 5.59. The number of guanidine groups is 1. The van der Waals surface area contributed by atoms with E-state index in [1.54, 1.807) is 7.05 Å². The van der Waals surface area contributed by atoms with Crippen LogP contribution in [-0.2, 0) is 6.54 Å². The molecule has 1 heterocycles. The van der Waals surface area contributed by atoms with E-state index in [4.69, 9.17) is 0 Å². The van der Waals surface area contributed by atoms with Crippen molar-refractivity contribution in [1.82, 2.24) is 25.5 Å². The summed E-state index contributed by atoms with van der Waals surface area (Å²) in [6.07, 6.45) is 0.950. The highest BCUT2D eigenvalue weighted by atomic mass is 16.1. The Labute approximate surface area is 177 Å². The van der Waals surface area contributed by atoms with Gasteiger partial charge in [-0.3, -0.25) is 9.79 Å². The maximum absolute atomic E-state index is 12.2. The molecule has 0 aliphatic heterocycles. The van der Waals surface area contributed by atoms with Crippen molar-refractivity contribution in [2.45, 2.75) is 26.8 Å². The highest BCUT2D eigenvalue weighted by molar-refractivity contribution is 5.94. The molecule has 0 spiro atoms. The number of aliphatic imine (C=N–C) groups is 1. The van der Waals surface area contributed by atoms with E-state index < -0.39 is 0 Å². The number of nitrogens with zero attached hydrogens (tertiary/aromatic N) is 3. The van der Waals surface area contributed by atoms with Gasteiger partial charge in [-0.25, -0.2) is 4.98 Å². The quantitative estimate of drug-likeness (QED) is 0.305. The zero-order chi connectivity index (χ0) is 21.3. The van der Waals surface area contributed by atoms with Gasteiger partial charge in [0.2, 0.25) is 0 Å². The van der Waals surface area contributed by atoms with Crippen LogP contribution >= 0.6 is 0 Å². The SMILES string of the molecule is CN=C(NCCCn1c(C)nc2ccccc21)NCCNC(=O)c1cccc(C)c1. The predicted octanol–water partition coefficient (Wildman–Crippen LogP) is 2.64. The Morgan fingerprint density at radius 3 is 2.57 bits per heavy atom. The average Bonchev–Trinajstić information content (AvgIpc) is 3.07. The first-order valence-electron chi connectivity index (χ1n) is 10.3.